The maximum absolute atomic E-state index is 13.6. The van der Waals surface area contributed by atoms with E-state index < -0.39 is 28.3 Å². The molecule has 14 heteroatoms. The third-order valence-corrected chi connectivity index (χ3v) is 8.12. The van der Waals surface area contributed by atoms with E-state index in [0.717, 1.165) is 16.4 Å². The Morgan fingerprint density at radius 1 is 1.00 bits per heavy atom. The van der Waals surface area contributed by atoms with Crippen molar-refractivity contribution >= 4 is 33.7 Å². The number of amides is 2. The zero-order chi connectivity index (χ0) is 30.8. The van der Waals surface area contributed by atoms with Gasteiger partial charge in [0.15, 0.2) is 18.1 Å². The van der Waals surface area contributed by atoms with Crippen molar-refractivity contribution in [2.45, 2.75) is 4.90 Å². The lowest BCUT2D eigenvalue weighted by Gasteiger charge is -2.26. The zero-order valence-corrected chi connectivity index (χ0v) is 24.4. The number of hydrazone groups is 1. The summed E-state index contributed by atoms with van der Waals surface area (Å²) in [7, 11) is -1.52. The number of ether oxygens (including phenoxy) is 4. The van der Waals surface area contributed by atoms with Crippen molar-refractivity contribution in [3.63, 3.8) is 0 Å². The second kappa shape index (κ2) is 14.5. The van der Waals surface area contributed by atoms with Gasteiger partial charge in [-0.05, 0) is 66.2 Å². The highest BCUT2D eigenvalue weighted by atomic mass is 32.2. The van der Waals surface area contributed by atoms with Gasteiger partial charge in [-0.1, -0.05) is 0 Å². The fourth-order valence-electron chi connectivity index (χ4n) is 4.07. The lowest BCUT2D eigenvalue weighted by atomic mass is 10.2. The molecule has 2 amide bonds. The SMILES string of the molecule is COc1ccc(S(=O)(=O)N(CC(=O)N/N=C\c2ccc(OCC(=O)N3CCOCC3)cc2)c2ccc(F)cc2)cc1OC. The number of nitrogens with one attached hydrogen (secondary N) is 1. The molecule has 228 valence electrons. The lowest BCUT2D eigenvalue weighted by molar-refractivity contribution is -0.137. The van der Waals surface area contributed by atoms with Crippen LogP contribution in [0.25, 0.3) is 0 Å². The molecular formula is C29H31FN4O8S. The first-order chi connectivity index (χ1) is 20.7. The van der Waals surface area contributed by atoms with Crippen LogP contribution in [-0.2, 0) is 24.3 Å². The number of carbonyl (C=O) groups is 2. The van der Waals surface area contributed by atoms with Gasteiger partial charge in [-0.25, -0.2) is 18.2 Å². The Kier molecular flexibility index (Phi) is 10.5. The van der Waals surface area contributed by atoms with E-state index in [4.69, 9.17) is 18.9 Å². The molecule has 0 aromatic heterocycles. The number of carbonyl (C=O) groups excluding carboxylic acids is 2. The molecule has 0 aliphatic carbocycles. The summed E-state index contributed by atoms with van der Waals surface area (Å²) in [6, 6.07) is 15.4. The van der Waals surface area contributed by atoms with E-state index in [1.807, 2.05) is 0 Å². The highest BCUT2D eigenvalue weighted by molar-refractivity contribution is 7.92. The third kappa shape index (κ3) is 8.20. The van der Waals surface area contributed by atoms with Crippen molar-refractivity contribution in [1.82, 2.24) is 10.3 Å². The number of halogens is 1. The molecule has 1 saturated heterocycles. The van der Waals surface area contributed by atoms with Gasteiger partial charge in [0, 0.05) is 19.2 Å². The van der Waals surface area contributed by atoms with Crippen LogP contribution in [0.1, 0.15) is 5.56 Å². The Hall–Kier alpha value is -4.69. The second-order valence-corrected chi connectivity index (χ2v) is 11.0. The maximum atomic E-state index is 13.6. The van der Waals surface area contributed by atoms with Crippen molar-refractivity contribution in [2.75, 3.05) is 58.0 Å². The summed E-state index contributed by atoms with van der Waals surface area (Å²) >= 11 is 0. The van der Waals surface area contributed by atoms with Crippen molar-refractivity contribution < 1.29 is 41.3 Å². The van der Waals surface area contributed by atoms with Crippen LogP contribution in [0.2, 0.25) is 0 Å². The normalized spacial score (nSPS) is 13.4. The molecule has 0 saturated carbocycles. The first-order valence-electron chi connectivity index (χ1n) is 13.1. The van der Waals surface area contributed by atoms with Crippen LogP contribution in [0, 0.1) is 5.82 Å². The number of anilines is 1. The minimum absolute atomic E-state index is 0.0676. The van der Waals surface area contributed by atoms with E-state index in [1.165, 1.54) is 50.8 Å². The van der Waals surface area contributed by atoms with Crippen LogP contribution >= 0.6 is 0 Å². The number of sulfonamides is 1. The summed E-state index contributed by atoms with van der Waals surface area (Å²) in [5.41, 5.74) is 2.99. The molecule has 1 N–H and O–H groups in total. The average molecular weight is 615 g/mol. The number of hydrogen-bond donors (Lipinski definition) is 1. The highest BCUT2D eigenvalue weighted by Crippen LogP contribution is 2.32. The van der Waals surface area contributed by atoms with Gasteiger partial charge in [0.05, 0.1) is 44.2 Å². The van der Waals surface area contributed by atoms with E-state index in [-0.39, 0.29) is 28.8 Å². The molecule has 1 aliphatic heterocycles. The second-order valence-electron chi connectivity index (χ2n) is 9.15. The molecule has 3 aromatic carbocycles. The van der Waals surface area contributed by atoms with Crippen LogP contribution in [0.4, 0.5) is 10.1 Å². The molecule has 1 aliphatic rings. The topological polar surface area (TPSA) is 136 Å². The van der Waals surface area contributed by atoms with E-state index >= 15 is 0 Å². The molecule has 0 bridgehead atoms. The van der Waals surface area contributed by atoms with Gasteiger partial charge in [0.2, 0.25) is 0 Å². The van der Waals surface area contributed by atoms with Crippen LogP contribution in [0.5, 0.6) is 17.2 Å². The molecule has 3 aromatic rings. The van der Waals surface area contributed by atoms with Crippen LogP contribution in [-0.4, -0.2) is 85.0 Å². The monoisotopic (exact) mass is 614 g/mol. The number of nitrogens with zero attached hydrogens (tertiary/aromatic N) is 3. The molecule has 0 spiro atoms. The fraction of sp³-hybridized carbons (Fsp3) is 0.276. The molecule has 0 unspecified atom stereocenters. The number of benzene rings is 3. The van der Waals surface area contributed by atoms with Gasteiger partial charge in [0.25, 0.3) is 21.8 Å². The number of methoxy groups -OCH3 is 2. The molecule has 1 heterocycles. The van der Waals surface area contributed by atoms with Gasteiger partial charge in [-0.15, -0.1) is 0 Å². The lowest BCUT2D eigenvalue weighted by Crippen LogP contribution is -2.42. The number of hydrogen-bond acceptors (Lipinski definition) is 9. The molecule has 43 heavy (non-hydrogen) atoms. The first-order valence-corrected chi connectivity index (χ1v) is 14.6. The summed E-state index contributed by atoms with van der Waals surface area (Å²) in [4.78, 5) is 26.6. The largest absolute Gasteiger partial charge is 0.493 e. The van der Waals surface area contributed by atoms with Crippen molar-refractivity contribution in [1.29, 1.82) is 0 Å². The smallest absolute Gasteiger partial charge is 0.264 e. The van der Waals surface area contributed by atoms with Gasteiger partial charge in [-0.3, -0.25) is 13.9 Å². The Bertz CT molecular complexity index is 1540. The Labute approximate surface area is 248 Å². The van der Waals surface area contributed by atoms with E-state index in [2.05, 4.69) is 10.5 Å². The third-order valence-electron chi connectivity index (χ3n) is 6.35. The van der Waals surface area contributed by atoms with Gasteiger partial charge < -0.3 is 23.8 Å². The fourth-order valence-corrected chi connectivity index (χ4v) is 5.51. The van der Waals surface area contributed by atoms with E-state index in [1.54, 1.807) is 29.2 Å². The standard InChI is InChI=1S/C29H31FN4O8S/c1-39-26-12-11-25(17-27(26)40-2)43(37,38)34(23-7-5-22(30)6-8-23)19-28(35)32-31-18-21-3-9-24(10-4-21)42-20-29(36)33-13-15-41-16-14-33/h3-12,17-18H,13-16,19-20H2,1-2H3,(H,32,35)/b31-18-. The molecule has 1 fully saturated rings. The Morgan fingerprint density at radius 2 is 1.67 bits per heavy atom. The molecule has 4 rings (SSSR count). The predicted octanol–water partition coefficient (Wildman–Crippen LogP) is 2.43. The highest BCUT2D eigenvalue weighted by Gasteiger charge is 2.28. The Morgan fingerprint density at radius 3 is 2.33 bits per heavy atom. The number of morpholine rings is 1. The molecule has 0 atom stereocenters. The maximum Gasteiger partial charge on any atom is 0.264 e. The minimum Gasteiger partial charge on any atom is -0.493 e. The van der Waals surface area contributed by atoms with Crippen LogP contribution < -0.4 is 23.9 Å². The average Bonchev–Trinajstić information content (AvgIpc) is 3.03. The van der Waals surface area contributed by atoms with Crippen molar-refractivity contribution in [3.05, 3.63) is 78.1 Å². The minimum atomic E-state index is -4.31. The van der Waals surface area contributed by atoms with Crippen molar-refractivity contribution in [3.8, 4) is 17.2 Å². The molecule has 0 radical (unpaired) electrons. The summed E-state index contributed by atoms with van der Waals surface area (Å²) < 4.78 is 62.9. The van der Waals surface area contributed by atoms with Gasteiger partial charge in [0.1, 0.15) is 18.1 Å². The van der Waals surface area contributed by atoms with Crippen LogP contribution in [0.15, 0.2) is 76.7 Å². The molecular weight excluding hydrogens is 583 g/mol. The van der Waals surface area contributed by atoms with Gasteiger partial charge >= 0.3 is 0 Å². The number of rotatable bonds is 12. The first kappa shape index (κ1) is 31.3. The zero-order valence-electron chi connectivity index (χ0n) is 23.6. The van der Waals surface area contributed by atoms with E-state index in [9.17, 15) is 22.4 Å². The summed E-state index contributed by atoms with van der Waals surface area (Å²) in [5.74, 6) is -0.454. The Balaban J connectivity index is 1.40. The van der Waals surface area contributed by atoms with Crippen LogP contribution in [0.3, 0.4) is 0 Å². The molecule has 12 nitrogen and oxygen atoms in total. The summed E-state index contributed by atoms with van der Waals surface area (Å²) in [6.45, 7) is 1.34. The van der Waals surface area contributed by atoms with Gasteiger partial charge in [-0.2, -0.15) is 5.10 Å². The summed E-state index contributed by atoms with van der Waals surface area (Å²) in [6.07, 6.45) is 1.37. The summed E-state index contributed by atoms with van der Waals surface area (Å²) in [5, 5.41) is 3.92. The van der Waals surface area contributed by atoms with Crippen molar-refractivity contribution in [2.24, 2.45) is 5.10 Å². The van der Waals surface area contributed by atoms with E-state index in [0.29, 0.717) is 43.4 Å². The predicted molar refractivity (Wildman–Crippen MR) is 156 cm³/mol. The quantitative estimate of drug-likeness (QED) is 0.243.